The fourth-order valence-electron chi connectivity index (χ4n) is 1.70. The van der Waals surface area contributed by atoms with E-state index in [-0.39, 0.29) is 0 Å². The lowest BCUT2D eigenvalue weighted by atomic mass is 10.1. The topological polar surface area (TPSA) is 28.4 Å². The summed E-state index contributed by atoms with van der Waals surface area (Å²) in [7, 11) is 0. The van der Waals surface area contributed by atoms with Crippen molar-refractivity contribution in [2.75, 3.05) is 19.6 Å². The number of nitrogens with one attached hydrogen (secondary N) is 1. The Morgan fingerprint density at radius 1 is 1.53 bits per heavy atom. The van der Waals surface area contributed by atoms with Crippen LogP contribution in [0, 0.1) is 0 Å². The summed E-state index contributed by atoms with van der Waals surface area (Å²) in [5.74, 6) is 1.00. The molecule has 3 nitrogen and oxygen atoms in total. The van der Waals surface area contributed by atoms with Crippen LogP contribution in [0.1, 0.15) is 12.7 Å². The number of nitrogens with zero attached hydrogens (tertiary/aromatic N) is 1. The molecular formula is C10H14Br2N2O. The molecule has 2 heterocycles. The number of hydrogen-bond acceptors (Lipinski definition) is 3. The monoisotopic (exact) mass is 336 g/mol. The summed E-state index contributed by atoms with van der Waals surface area (Å²) in [6.07, 6.45) is 0. The first-order chi connectivity index (χ1) is 7.20. The molecule has 0 saturated carbocycles. The molecule has 0 unspecified atom stereocenters. The predicted octanol–water partition coefficient (Wildman–Crippen LogP) is 2.60. The lowest BCUT2D eigenvalue weighted by Gasteiger charge is -2.37. The molecule has 0 radical (unpaired) electrons. The van der Waals surface area contributed by atoms with Gasteiger partial charge in [0.2, 0.25) is 0 Å². The molecule has 15 heavy (non-hydrogen) atoms. The zero-order valence-electron chi connectivity index (χ0n) is 8.59. The van der Waals surface area contributed by atoms with Gasteiger partial charge in [0.25, 0.3) is 0 Å². The summed E-state index contributed by atoms with van der Waals surface area (Å²) in [5.41, 5.74) is 0. The van der Waals surface area contributed by atoms with E-state index in [4.69, 9.17) is 4.42 Å². The Kier molecular flexibility index (Phi) is 3.88. The van der Waals surface area contributed by atoms with Crippen molar-refractivity contribution in [1.82, 2.24) is 10.2 Å². The standard InChI is InChI=1S/C10H14Br2N2O/c1-2-14(7-4-13-5-7)6-8-3-9(11)10(12)15-8/h3,7,13H,2,4-6H2,1H3. The summed E-state index contributed by atoms with van der Waals surface area (Å²) < 4.78 is 7.34. The number of halogens is 2. The predicted molar refractivity (Wildman–Crippen MR) is 66.8 cm³/mol. The van der Waals surface area contributed by atoms with Gasteiger partial charge in [0.1, 0.15) is 5.76 Å². The Bertz CT molecular complexity index is 317. The molecule has 84 valence electrons. The Balaban J connectivity index is 1.99. The molecule has 1 aliphatic rings. The zero-order chi connectivity index (χ0) is 10.8. The lowest BCUT2D eigenvalue weighted by molar-refractivity contribution is 0.135. The summed E-state index contributed by atoms with van der Waals surface area (Å²) in [5, 5.41) is 3.29. The maximum atomic E-state index is 5.57. The van der Waals surface area contributed by atoms with Gasteiger partial charge in [0.15, 0.2) is 4.67 Å². The van der Waals surface area contributed by atoms with Crippen LogP contribution in [0.2, 0.25) is 0 Å². The molecule has 1 aromatic heterocycles. The number of furan rings is 1. The van der Waals surface area contributed by atoms with Crippen molar-refractivity contribution in [2.45, 2.75) is 19.5 Å². The smallest absolute Gasteiger partial charge is 0.183 e. The van der Waals surface area contributed by atoms with Crippen LogP contribution in [0.25, 0.3) is 0 Å². The van der Waals surface area contributed by atoms with Crippen molar-refractivity contribution in [3.63, 3.8) is 0 Å². The maximum Gasteiger partial charge on any atom is 0.183 e. The van der Waals surface area contributed by atoms with Crippen LogP contribution in [-0.2, 0) is 6.54 Å². The second-order valence-corrected chi connectivity index (χ2v) is 5.28. The average Bonchev–Trinajstić information content (AvgIpc) is 2.42. The van der Waals surface area contributed by atoms with Gasteiger partial charge < -0.3 is 9.73 Å². The second-order valence-electron chi connectivity index (χ2n) is 3.71. The minimum Gasteiger partial charge on any atom is -0.452 e. The summed E-state index contributed by atoms with van der Waals surface area (Å²) in [6, 6.07) is 2.69. The third kappa shape index (κ3) is 2.64. The van der Waals surface area contributed by atoms with Gasteiger partial charge in [-0.3, -0.25) is 4.90 Å². The van der Waals surface area contributed by atoms with Gasteiger partial charge in [-0.1, -0.05) is 6.92 Å². The first kappa shape index (κ1) is 11.6. The van der Waals surface area contributed by atoms with Crippen molar-refractivity contribution in [3.8, 4) is 0 Å². The quantitative estimate of drug-likeness (QED) is 0.915. The summed E-state index contributed by atoms with van der Waals surface area (Å²) in [4.78, 5) is 2.42. The van der Waals surface area contributed by atoms with E-state index in [0.717, 1.165) is 41.1 Å². The van der Waals surface area contributed by atoms with Gasteiger partial charge in [-0.25, -0.2) is 0 Å². The zero-order valence-corrected chi connectivity index (χ0v) is 11.8. The highest BCUT2D eigenvalue weighted by Gasteiger charge is 2.24. The molecule has 0 aromatic carbocycles. The minimum absolute atomic E-state index is 0.664. The first-order valence-corrected chi connectivity index (χ1v) is 6.67. The van der Waals surface area contributed by atoms with Gasteiger partial charge >= 0.3 is 0 Å². The van der Waals surface area contributed by atoms with E-state index in [2.05, 4.69) is 49.0 Å². The third-order valence-electron chi connectivity index (χ3n) is 2.74. The Hall–Kier alpha value is 0.160. The molecule has 0 bridgehead atoms. The molecule has 1 aromatic rings. The van der Waals surface area contributed by atoms with Crippen LogP contribution >= 0.6 is 31.9 Å². The molecule has 1 aliphatic heterocycles. The SMILES string of the molecule is CCN(Cc1cc(Br)c(Br)o1)C1CNC1. The maximum absolute atomic E-state index is 5.57. The second kappa shape index (κ2) is 4.99. The van der Waals surface area contributed by atoms with Crippen molar-refractivity contribution in [3.05, 3.63) is 21.0 Å². The fraction of sp³-hybridized carbons (Fsp3) is 0.600. The van der Waals surface area contributed by atoms with E-state index in [0.29, 0.717) is 6.04 Å². The first-order valence-electron chi connectivity index (χ1n) is 5.09. The van der Waals surface area contributed by atoms with Gasteiger partial charge in [-0.15, -0.1) is 0 Å². The van der Waals surface area contributed by atoms with E-state index in [1.807, 2.05) is 6.07 Å². The van der Waals surface area contributed by atoms with Crippen molar-refractivity contribution in [2.24, 2.45) is 0 Å². The molecule has 0 spiro atoms. The minimum atomic E-state index is 0.664. The van der Waals surface area contributed by atoms with Crippen LogP contribution < -0.4 is 5.32 Å². The highest BCUT2D eigenvalue weighted by molar-refractivity contribution is 9.13. The highest BCUT2D eigenvalue weighted by atomic mass is 79.9. The van der Waals surface area contributed by atoms with E-state index in [1.54, 1.807) is 0 Å². The molecule has 1 fully saturated rings. The van der Waals surface area contributed by atoms with E-state index < -0.39 is 0 Å². The van der Waals surface area contributed by atoms with E-state index in [9.17, 15) is 0 Å². The fourth-order valence-corrected chi connectivity index (χ4v) is 2.36. The van der Waals surface area contributed by atoms with Crippen molar-refractivity contribution < 1.29 is 4.42 Å². The van der Waals surface area contributed by atoms with E-state index in [1.165, 1.54) is 0 Å². The number of hydrogen-bond donors (Lipinski definition) is 1. The molecule has 5 heteroatoms. The molecule has 0 aliphatic carbocycles. The van der Waals surface area contributed by atoms with Gasteiger partial charge in [0, 0.05) is 19.1 Å². The van der Waals surface area contributed by atoms with Crippen molar-refractivity contribution >= 4 is 31.9 Å². The van der Waals surface area contributed by atoms with Crippen LogP contribution in [0.4, 0.5) is 0 Å². The number of rotatable bonds is 4. The summed E-state index contributed by atoms with van der Waals surface area (Å²) in [6.45, 7) is 6.31. The Labute approximate surface area is 106 Å². The molecule has 1 saturated heterocycles. The summed E-state index contributed by atoms with van der Waals surface area (Å²) >= 11 is 6.78. The molecule has 0 amide bonds. The van der Waals surface area contributed by atoms with Gasteiger partial charge in [-0.2, -0.15) is 0 Å². The van der Waals surface area contributed by atoms with Crippen molar-refractivity contribution in [1.29, 1.82) is 0 Å². The highest BCUT2D eigenvalue weighted by Crippen LogP contribution is 2.27. The van der Waals surface area contributed by atoms with Gasteiger partial charge in [0.05, 0.1) is 11.0 Å². The van der Waals surface area contributed by atoms with E-state index >= 15 is 0 Å². The van der Waals surface area contributed by atoms with Gasteiger partial charge in [-0.05, 0) is 44.5 Å². The largest absolute Gasteiger partial charge is 0.452 e. The average molecular weight is 338 g/mol. The van der Waals surface area contributed by atoms with Crippen LogP contribution in [0.3, 0.4) is 0 Å². The third-order valence-corrected chi connectivity index (χ3v) is 4.45. The molecular weight excluding hydrogens is 324 g/mol. The Morgan fingerprint density at radius 3 is 2.67 bits per heavy atom. The number of likely N-dealkylation sites (N-methyl/N-ethyl adjacent to an activating group) is 1. The Morgan fingerprint density at radius 2 is 2.27 bits per heavy atom. The molecule has 1 N–H and O–H groups in total. The van der Waals surface area contributed by atoms with Crippen LogP contribution in [0.5, 0.6) is 0 Å². The normalized spacial score (nSPS) is 17.1. The molecule has 0 atom stereocenters. The lowest BCUT2D eigenvalue weighted by Crippen LogP contribution is -2.56. The van der Waals surface area contributed by atoms with Crippen LogP contribution in [-0.4, -0.2) is 30.6 Å². The molecule has 2 rings (SSSR count). The van der Waals surface area contributed by atoms with Crippen LogP contribution in [0.15, 0.2) is 19.6 Å².